The molecule has 204 valence electrons. The van der Waals surface area contributed by atoms with E-state index in [1.54, 1.807) is 36.4 Å². The molecule has 1 saturated carbocycles. The number of phenols is 1. The zero-order chi connectivity index (χ0) is 28.3. The maximum absolute atomic E-state index is 13.5. The molecule has 0 aromatic heterocycles. The molecule has 5 rings (SSSR count). The number of aromatic hydroxyl groups is 1. The van der Waals surface area contributed by atoms with Crippen molar-refractivity contribution in [3.05, 3.63) is 125 Å². The highest BCUT2D eigenvalue weighted by atomic mass is 19.1. The molecule has 1 aliphatic carbocycles. The van der Waals surface area contributed by atoms with Gasteiger partial charge in [-0.2, -0.15) is 0 Å². The van der Waals surface area contributed by atoms with Gasteiger partial charge < -0.3 is 9.84 Å². The topological polar surface area (TPSA) is 63.6 Å². The number of halogens is 1. The predicted molar refractivity (Wildman–Crippen MR) is 154 cm³/mol. The largest absolute Gasteiger partial charge is 0.508 e. The fourth-order valence-corrected chi connectivity index (χ4v) is 5.61. The lowest BCUT2D eigenvalue weighted by Crippen LogP contribution is -2.33. The van der Waals surface area contributed by atoms with E-state index in [0.717, 1.165) is 24.0 Å². The smallest absolute Gasteiger partial charge is 0.166 e. The molecule has 0 saturated heterocycles. The van der Waals surface area contributed by atoms with E-state index >= 15 is 0 Å². The molecule has 4 aromatic carbocycles. The number of rotatable bonds is 8. The van der Waals surface area contributed by atoms with Gasteiger partial charge in [0.25, 0.3) is 0 Å². The number of hydrogen-bond donors (Lipinski definition) is 1. The molecule has 5 heteroatoms. The minimum Gasteiger partial charge on any atom is -0.508 e. The van der Waals surface area contributed by atoms with Gasteiger partial charge in [0, 0.05) is 28.4 Å². The van der Waals surface area contributed by atoms with Gasteiger partial charge in [-0.15, -0.1) is 0 Å². The number of ketones is 2. The molecule has 4 aromatic rings. The fourth-order valence-electron chi connectivity index (χ4n) is 5.61. The highest BCUT2D eigenvalue weighted by Gasteiger charge is 2.36. The van der Waals surface area contributed by atoms with E-state index in [4.69, 9.17) is 4.74 Å². The molecule has 0 radical (unpaired) electrons. The molecule has 0 heterocycles. The average Bonchev–Trinajstić information content (AvgIpc) is 2.98. The van der Waals surface area contributed by atoms with Crippen molar-refractivity contribution in [3.8, 4) is 17.2 Å². The summed E-state index contributed by atoms with van der Waals surface area (Å²) >= 11 is 0. The summed E-state index contributed by atoms with van der Waals surface area (Å²) in [7, 11) is 0. The van der Waals surface area contributed by atoms with Crippen LogP contribution in [-0.4, -0.2) is 16.7 Å². The first kappa shape index (κ1) is 27.3. The van der Waals surface area contributed by atoms with E-state index in [2.05, 4.69) is 13.8 Å². The van der Waals surface area contributed by atoms with Crippen LogP contribution in [0.1, 0.15) is 71.4 Å². The van der Waals surface area contributed by atoms with Crippen LogP contribution in [0.5, 0.6) is 17.2 Å². The van der Waals surface area contributed by atoms with Crippen molar-refractivity contribution >= 4 is 11.6 Å². The first-order chi connectivity index (χ1) is 19.2. The van der Waals surface area contributed by atoms with Crippen molar-refractivity contribution in [2.75, 3.05) is 0 Å². The lowest BCUT2D eigenvalue weighted by atomic mass is 9.72. The van der Waals surface area contributed by atoms with Gasteiger partial charge in [-0.1, -0.05) is 51.0 Å². The lowest BCUT2D eigenvalue weighted by Gasteiger charge is -2.29. The van der Waals surface area contributed by atoms with Crippen LogP contribution in [0.4, 0.5) is 4.39 Å². The maximum atomic E-state index is 13.5. The van der Waals surface area contributed by atoms with Crippen molar-refractivity contribution < 1.29 is 23.8 Å². The van der Waals surface area contributed by atoms with E-state index in [1.165, 1.54) is 24.3 Å². The molecule has 0 spiro atoms. The molecule has 1 N–H and O–H groups in total. The molecular weight excluding hydrogens is 503 g/mol. The van der Waals surface area contributed by atoms with E-state index in [0.29, 0.717) is 35.5 Å². The minimum atomic E-state index is -0.396. The van der Waals surface area contributed by atoms with E-state index in [1.807, 2.05) is 36.4 Å². The number of carbonyl (C=O) groups excluding carboxylic acids is 2. The zero-order valence-corrected chi connectivity index (χ0v) is 22.8. The van der Waals surface area contributed by atoms with Crippen LogP contribution in [0.25, 0.3) is 0 Å². The normalized spacial score (nSPS) is 17.3. The summed E-state index contributed by atoms with van der Waals surface area (Å²) < 4.78 is 19.4. The van der Waals surface area contributed by atoms with Gasteiger partial charge in [0.15, 0.2) is 11.6 Å². The Morgan fingerprint density at radius 2 is 1.07 bits per heavy atom. The van der Waals surface area contributed by atoms with Crippen molar-refractivity contribution in [2.24, 2.45) is 11.8 Å². The minimum absolute atomic E-state index is 0.0347. The third-order valence-corrected chi connectivity index (χ3v) is 8.11. The molecule has 2 unspecified atom stereocenters. The Balaban J connectivity index is 1.26. The molecule has 0 amide bonds. The Morgan fingerprint density at radius 1 is 0.675 bits per heavy atom. The van der Waals surface area contributed by atoms with Crippen LogP contribution in [0.15, 0.2) is 97.1 Å². The van der Waals surface area contributed by atoms with E-state index in [-0.39, 0.29) is 34.5 Å². The van der Waals surface area contributed by atoms with Gasteiger partial charge >= 0.3 is 0 Å². The van der Waals surface area contributed by atoms with Crippen molar-refractivity contribution in [1.82, 2.24) is 0 Å². The van der Waals surface area contributed by atoms with Crippen molar-refractivity contribution in [3.63, 3.8) is 0 Å². The third kappa shape index (κ3) is 5.84. The van der Waals surface area contributed by atoms with Gasteiger partial charge in [0.05, 0.1) is 0 Å². The number of phenolic OH excluding ortho intramolecular Hbond substituents is 1. The molecule has 4 nitrogen and oxygen atoms in total. The maximum Gasteiger partial charge on any atom is 0.166 e. The summed E-state index contributed by atoms with van der Waals surface area (Å²) in [6, 6.07) is 27.8. The molecule has 1 aliphatic rings. The molecule has 0 aliphatic heterocycles. The highest BCUT2D eigenvalue weighted by Crippen LogP contribution is 2.36. The summed E-state index contributed by atoms with van der Waals surface area (Å²) in [4.78, 5) is 26.7. The van der Waals surface area contributed by atoms with Gasteiger partial charge in [0.1, 0.15) is 23.1 Å². The second-order valence-electron chi connectivity index (χ2n) is 11.1. The molecule has 1 fully saturated rings. The van der Waals surface area contributed by atoms with Crippen LogP contribution >= 0.6 is 0 Å². The van der Waals surface area contributed by atoms with Gasteiger partial charge in [-0.3, -0.25) is 9.59 Å². The molecule has 2 atom stereocenters. The van der Waals surface area contributed by atoms with Crippen LogP contribution in [0, 0.1) is 17.7 Å². The number of benzene rings is 4. The Hall–Kier alpha value is -4.25. The highest BCUT2D eigenvalue weighted by molar-refractivity contribution is 6.05. The van der Waals surface area contributed by atoms with Crippen LogP contribution in [-0.2, 0) is 5.41 Å². The summed E-state index contributed by atoms with van der Waals surface area (Å²) in [6.45, 7) is 4.27. The summed E-state index contributed by atoms with van der Waals surface area (Å²) in [5.41, 5.74) is 2.97. The van der Waals surface area contributed by atoms with Gasteiger partial charge in [0.2, 0.25) is 0 Å². The van der Waals surface area contributed by atoms with Crippen LogP contribution in [0.3, 0.4) is 0 Å². The number of hydrogen-bond acceptors (Lipinski definition) is 4. The first-order valence-electron chi connectivity index (χ1n) is 13.7. The average molecular weight is 537 g/mol. The number of ether oxygens (including phenoxy) is 1. The second-order valence-corrected chi connectivity index (χ2v) is 11.1. The van der Waals surface area contributed by atoms with Crippen molar-refractivity contribution in [1.29, 1.82) is 0 Å². The lowest BCUT2D eigenvalue weighted by molar-refractivity contribution is 0.0709. The fraction of sp³-hybridized carbons (Fsp3) is 0.257. The molecular formula is C35H33FO4. The van der Waals surface area contributed by atoms with Crippen molar-refractivity contribution in [2.45, 2.75) is 44.9 Å². The van der Waals surface area contributed by atoms with Crippen LogP contribution in [0.2, 0.25) is 0 Å². The van der Waals surface area contributed by atoms with Gasteiger partial charge in [-0.25, -0.2) is 4.39 Å². The first-order valence-corrected chi connectivity index (χ1v) is 13.7. The third-order valence-electron chi connectivity index (χ3n) is 8.11. The summed E-state index contributed by atoms with van der Waals surface area (Å²) in [5, 5.41) is 9.61. The summed E-state index contributed by atoms with van der Waals surface area (Å²) in [6.07, 6.45) is 3.14. The molecule has 40 heavy (non-hydrogen) atoms. The quantitative estimate of drug-likeness (QED) is 0.229. The molecule has 0 bridgehead atoms. The Bertz CT molecular complexity index is 1470. The van der Waals surface area contributed by atoms with Gasteiger partial charge in [-0.05, 0) is 96.8 Å². The predicted octanol–water partition coefficient (Wildman–Crippen LogP) is 8.52. The second kappa shape index (κ2) is 11.5. The monoisotopic (exact) mass is 536 g/mol. The van der Waals surface area contributed by atoms with E-state index < -0.39 is 5.92 Å². The Morgan fingerprint density at radius 3 is 1.55 bits per heavy atom. The SMILES string of the molecule is CC(C)(c1ccc(O)cc1)c1ccc(Oc2ccc(C(=O)C3CCCCC3C(=O)c3ccc(F)cc3)cc2)cc1. The zero-order valence-electron chi connectivity index (χ0n) is 22.8. The summed E-state index contributed by atoms with van der Waals surface area (Å²) in [5.74, 6) is 0.250. The standard InChI is InChI=1S/C35H33FO4/c1-35(2,25-11-17-28(37)18-12-25)26-13-21-30(22-14-26)40-29-19-9-24(10-20-29)34(39)32-6-4-3-5-31(32)33(38)23-7-15-27(36)16-8-23/h7-22,31-32,37H,3-6H2,1-2H3. The Labute approximate surface area is 234 Å². The number of carbonyl (C=O) groups is 2. The number of Topliss-reactive ketones (excluding diaryl/α,β-unsaturated/α-hetero) is 2. The van der Waals surface area contributed by atoms with E-state index in [9.17, 15) is 19.1 Å². The Kier molecular flexibility index (Phi) is 7.83. The van der Waals surface area contributed by atoms with Crippen LogP contribution < -0.4 is 4.74 Å².